The molecular formula is C14H24N6O. The summed E-state index contributed by atoms with van der Waals surface area (Å²) >= 11 is 0. The Morgan fingerprint density at radius 2 is 2.05 bits per heavy atom. The van der Waals surface area contributed by atoms with Crippen LogP contribution in [0.5, 0.6) is 6.01 Å². The van der Waals surface area contributed by atoms with Crippen LogP contribution in [-0.2, 0) is 0 Å². The Labute approximate surface area is 126 Å². The molecule has 1 aromatic rings. The molecule has 1 rings (SSSR count). The second-order valence-electron chi connectivity index (χ2n) is 4.67. The smallest absolute Gasteiger partial charge is 0.323 e. The molecule has 0 saturated heterocycles. The number of hydrogen-bond acceptors (Lipinski definition) is 7. The molecule has 1 N–H and O–H groups in total. The molecule has 7 nitrogen and oxygen atoms in total. The van der Waals surface area contributed by atoms with Crippen LogP contribution in [0.3, 0.4) is 0 Å². The highest BCUT2D eigenvalue weighted by Gasteiger charge is 2.15. The minimum atomic E-state index is -0.0932. The average Bonchev–Trinajstić information content (AvgIpc) is 2.50. The first kappa shape index (κ1) is 17.0. The summed E-state index contributed by atoms with van der Waals surface area (Å²) in [5.41, 5.74) is 0. The summed E-state index contributed by atoms with van der Waals surface area (Å²) in [6.45, 7) is 10.4. The molecule has 1 unspecified atom stereocenters. The van der Waals surface area contributed by atoms with Gasteiger partial charge in [0, 0.05) is 19.6 Å². The van der Waals surface area contributed by atoms with Gasteiger partial charge in [0.15, 0.2) is 0 Å². The van der Waals surface area contributed by atoms with E-state index in [0.717, 1.165) is 19.5 Å². The molecule has 0 aliphatic heterocycles. The Bertz CT molecular complexity index is 473. The maximum Gasteiger partial charge on any atom is 0.323 e. The lowest BCUT2D eigenvalue weighted by molar-refractivity contribution is 0.312. The molecule has 116 valence electrons. The molecular weight excluding hydrogens is 268 g/mol. The van der Waals surface area contributed by atoms with Crippen molar-refractivity contribution in [2.24, 2.45) is 5.92 Å². The van der Waals surface area contributed by atoms with E-state index >= 15 is 0 Å². The van der Waals surface area contributed by atoms with Gasteiger partial charge in [-0.15, -0.1) is 0 Å². The van der Waals surface area contributed by atoms with Gasteiger partial charge in [-0.3, -0.25) is 0 Å². The topological polar surface area (TPSA) is 87.0 Å². The van der Waals surface area contributed by atoms with Crippen molar-refractivity contribution >= 4 is 11.9 Å². The summed E-state index contributed by atoms with van der Waals surface area (Å²) < 4.78 is 5.40. The number of nitrogens with one attached hydrogen (secondary N) is 1. The third kappa shape index (κ3) is 5.42. The zero-order chi connectivity index (χ0) is 15.7. The Hall–Kier alpha value is -2.10. The largest absolute Gasteiger partial charge is 0.464 e. The first-order chi connectivity index (χ1) is 10.1. The van der Waals surface area contributed by atoms with Crippen molar-refractivity contribution in [3.05, 3.63) is 0 Å². The predicted molar refractivity (Wildman–Crippen MR) is 82.4 cm³/mol. The maximum absolute atomic E-state index is 8.97. The van der Waals surface area contributed by atoms with Crippen molar-refractivity contribution < 1.29 is 4.74 Å². The summed E-state index contributed by atoms with van der Waals surface area (Å²) in [6.07, 6.45) is 0.980. The first-order valence-corrected chi connectivity index (χ1v) is 7.41. The van der Waals surface area contributed by atoms with E-state index in [2.05, 4.69) is 33.3 Å². The molecule has 0 aliphatic rings. The van der Waals surface area contributed by atoms with Crippen LogP contribution in [-0.4, -0.2) is 41.2 Å². The van der Waals surface area contributed by atoms with Crippen LogP contribution in [0.4, 0.5) is 11.9 Å². The highest BCUT2D eigenvalue weighted by Crippen LogP contribution is 2.16. The summed E-state index contributed by atoms with van der Waals surface area (Å²) in [4.78, 5) is 14.9. The molecule has 0 fully saturated rings. The lowest BCUT2D eigenvalue weighted by atomic mass is 10.2. The van der Waals surface area contributed by atoms with Gasteiger partial charge < -0.3 is 15.0 Å². The van der Waals surface area contributed by atoms with Crippen LogP contribution >= 0.6 is 0 Å². The number of anilines is 2. The molecule has 1 aromatic heterocycles. The van der Waals surface area contributed by atoms with Gasteiger partial charge in [-0.2, -0.15) is 20.2 Å². The molecule has 0 radical (unpaired) electrons. The van der Waals surface area contributed by atoms with E-state index in [9.17, 15) is 0 Å². The van der Waals surface area contributed by atoms with Gasteiger partial charge in [-0.05, 0) is 27.2 Å². The molecule has 0 aliphatic carbocycles. The van der Waals surface area contributed by atoms with Crippen LogP contribution in [0.25, 0.3) is 0 Å². The highest BCUT2D eigenvalue weighted by molar-refractivity contribution is 5.38. The number of nitriles is 1. The average molecular weight is 292 g/mol. The lowest BCUT2D eigenvalue weighted by Crippen LogP contribution is -2.30. The van der Waals surface area contributed by atoms with E-state index in [1.165, 1.54) is 0 Å². The van der Waals surface area contributed by atoms with Gasteiger partial charge in [0.05, 0.1) is 18.6 Å². The van der Waals surface area contributed by atoms with Crippen molar-refractivity contribution in [2.75, 3.05) is 36.5 Å². The van der Waals surface area contributed by atoms with Crippen molar-refractivity contribution in [1.82, 2.24) is 15.0 Å². The number of aromatic nitrogens is 3. The number of hydrogen-bond donors (Lipinski definition) is 1. The lowest BCUT2D eigenvalue weighted by Gasteiger charge is -2.22. The summed E-state index contributed by atoms with van der Waals surface area (Å²) in [7, 11) is 0. The van der Waals surface area contributed by atoms with Gasteiger partial charge in [-0.1, -0.05) is 6.92 Å². The number of ether oxygens (including phenoxy) is 1. The third-order valence-electron chi connectivity index (χ3n) is 2.79. The van der Waals surface area contributed by atoms with E-state index in [4.69, 9.17) is 10.00 Å². The highest BCUT2D eigenvalue weighted by atomic mass is 16.5. The maximum atomic E-state index is 8.97. The Morgan fingerprint density at radius 1 is 1.29 bits per heavy atom. The van der Waals surface area contributed by atoms with Crippen molar-refractivity contribution in [3.63, 3.8) is 0 Å². The summed E-state index contributed by atoms with van der Waals surface area (Å²) in [6, 6.07) is 2.54. The predicted octanol–water partition coefficient (Wildman–Crippen LogP) is 2.08. The number of nitrogens with zero attached hydrogens (tertiary/aromatic N) is 5. The van der Waals surface area contributed by atoms with Gasteiger partial charge in [0.2, 0.25) is 11.9 Å². The monoisotopic (exact) mass is 292 g/mol. The van der Waals surface area contributed by atoms with Crippen molar-refractivity contribution in [1.29, 1.82) is 5.26 Å². The van der Waals surface area contributed by atoms with Crippen LogP contribution in [0.2, 0.25) is 0 Å². The molecule has 7 heteroatoms. The number of rotatable bonds is 9. The molecule has 0 amide bonds. The van der Waals surface area contributed by atoms with Crippen LogP contribution in [0.1, 0.15) is 34.1 Å². The Balaban J connectivity index is 3.01. The molecule has 0 aromatic carbocycles. The normalized spacial score (nSPS) is 11.6. The first-order valence-electron chi connectivity index (χ1n) is 7.41. The Morgan fingerprint density at radius 3 is 2.62 bits per heavy atom. The quantitative estimate of drug-likeness (QED) is 0.745. The fourth-order valence-corrected chi connectivity index (χ4v) is 1.72. The molecule has 0 spiro atoms. The fraction of sp³-hybridized carbons (Fsp3) is 0.714. The van der Waals surface area contributed by atoms with Gasteiger partial charge in [0.1, 0.15) is 0 Å². The van der Waals surface area contributed by atoms with Crippen LogP contribution in [0.15, 0.2) is 0 Å². The van der Waals surface area contributed by atoms with Crippen molar-refractivity contribution in [2.45, 2.75) is 34.1 Å². The molecule has 0 bridgehead atoms. The van der Waals surface area contributed by atoms with E-state index < -0.39 is 0 Å². The van der Waals surface area contributed by atoms with Gasteiger partial charge in [-0.25, -0.2) is 0 Å². The molecule has 1 heterocycles. The van der Waals surface area contributed by atoms with E-state index in [1.807, 2.05) is 25.7 Å². The summed E-state index contributed by atoms with van der Waals surface area (Å²) in [5.74, 6) is 0.953. The zero-order valence-electron chi connectivity index (χ0n) is 13.3. The van der Waals surface area contributed by atoms with Crippen molar-refractivity contribution in [3.8, 4) is 12.1 Å². The fourth-order valence-electron chi connectivity index (χ4n) is 1.72. The minimum absolute atomic E-state index is 0.0932. The zero-order valence-corrected chi connectivity index (χ0v) is 13.3. The van der Waals surface area contributed by atoms with Gasteiger partial charge >= 0.3 is 6.01 Å². The van der Waals surface area contributed by atoms with E-state index in [0.29, 0.717) is 31.1 Å². The minimum Gasteiger partial charge on any atom is -0.464 e. The van der Waals surface area contributed by atoms with E-state index in [-0.39, 0.29) is 5.92 Å². The van der Waals surface area contributed by atoms with Crippen LogP contribution in [0, 0.1) is 17.2 Å². The molecule has 21 heavy (non-hydrogen) atoms. The second kappa shape index (κ2) is 8.95. The third-order valence-corrected chi connectivity index (χ3v) is 2.79. The van der Waals surface area contributed by atoms with Gasteiger partial charge in [0.25, 0.3) is 0 Å². The van der Waals surface area contributed by atoms with E-state index in [1.54, 1.807) is 0 Å². The SMILES string of the molecule is CCCNc1nc(OCC)nc(N(CC)CC(C)C#N)n1. The van der Waals surface area contributed by atoms with Crippen LogP contribution < -0.4 is 15.0 Å². The Kier molecular flexibility index (Phi) is 7.23. The summed E-state index contributed by atoms with van der Waals surface area (Å²) in [5, 5.41) is 12.1. The molecule has 1 atom stereocenters. The molecule has 0 saturated carbocycles. The second-order valence-corrected chi connectivity index (χ2v) is 4.67. The standard InChI is InChI=1S/C14H24N6O/c1-5-8-16-12-17-13(19-14(18-12)21-7-3)20(6-2)10-11(4)9-15/h11H,5-8,10H2,1-4H3,(H,16,17,18,19).